The fourth-order valence-electron chi connectivity index (χ4n) is 7.01. The molecule has 6 heteroatoms. The summed E-state index contributed by atoms with van der Waals surface area (Å²) >= 11 is 0. The quantitative estimate of drug-likeness (QED) is 0.0261. The third-order valence-corrected chi connectivity index (χ3v) is 11.3. The Balaban J connectivity index is 4.63. The van der Waals surface area contributed by atoms with E-state index in [0.717, 1.165) is 135 Å². The summed E-state index contributed by atoms with van der Waals surface area (Å²) in [5.41, 5.74) is 0. The second-order valence-electron chi connectivity index (χ2n) is 18.4. The summed E-state index contributed by atoms with van der Waals surface area (Å²) in [6.45, 7) is 6.10. The zero-order valence-electron chi connectivity index (χ0n) is 48.4. The maximum Gasteiger partial charge on any atom is 0.309 e. The molecule has 0 bridgehead atoms. The van der Waals surface area contributed by atoms with Gasteiger partial charge in [0.05, 0.1) is 6.42 Å². The Labute approximate surface area is 470 Å². The van der Waals surface area contributed by atoms with Gasteiger partial charge in [0.2, 0.25) is 0 Å². The van der Waals surface area contributed by atoms with Gasteiger partial charge in [-0.15, -0.1) is 0 Å². The van der Waals surface area contributed by atoms with Crippen molar-refractivity contribution in [1.29, 1.82) is 0 Å². The first kappa shape index (κ1) is 71.0. The number of rotatable bonds is 50. The summed E-state index contributed by atoms with van der Waals surface area (Å²) in [5.74, 6) is -1.21. The number of carbonyl (C=O) groups is 3. The minimum Gasteiger partial charge on any atom is -0.462 e. The summed E-state index contributed by atoms with van der Waals surface area (Å²) in [6.07, 6.45) is 97.1. The molecular weight excluding hydrogens is 949 g/mol. The third-order valence-electron chi connectivity index (χ3n) is 11.3. The molecular formula is C71H104O6. The number of carbonyl (C=O) groups excluding carboxylic acids is 3. The largest absolute Gasteiger partial charge is 0.462 e. The highest BCUT2D eigenvalue weighted by atomic mass is 16.6. The van der Waals surface area contributed by atoms with Gasteiger partial charge >= 0.3 is 17.9 Å². The van der Waals surface area contributed by atoms with Crippen molar-refractivity contribution in [3.05, 3.63) is 207 Å². The van der Waals surface area contributed by atoms with Gasteiger partial charge in [-0.05, 0) is 135 Å². The Kier molecular flexibility index (Phi) is 57.6. The van der Waals surface area contributed by atoms with Crippen molar-refractivity contribution in [2.24, 2.45) is 0 Å². The lowest BCUT2D eigenvalue weighted by Gasteiger charge is -2.18. The van der Waals surface area contributed by atoms with Gasteiger partial charge in [-0.1, -0.05) is 253 Å². The number of allylic oxidation sites excluding steroid dienone is 33. The molecule has 0 amide bonds. The molecule has 77 heavy (non-hydrogen) atoms. The van der Waals surface area contributed by atoms with E-state index in [1.165, 1.54) is 12.8 Å². The van der Waals surface area contributed by atoms with E-state index in [-0.39, 0.29) is 32.0 Å². The highest BCUT2D eigenvalue weighted by Crippen LogP contribution is 2.11. The molecule has 0 fully saturated rings. The fourth-order valence-corrected chi connectivity index (χ4v) is 7.01. The topological polar surface area (TPSA) is 78.9 Å². The Bertz CT molecular complexity index is 1930. The summed E-state index contributed by atoms with van der Waals surface area (Å²) in [7, 11) is 0. The van der Waals surface area contributed by atoms with Gasteiger partial charge in [-0.25, -0.2) is 0 Å². The molecule has 0 aromatic rings. The second-order valence-corrected chi connectivity index (χ2v) is 18.4. The summed E-state index contributed by atoms with van der Waals surface area (Å²) in [5, 5.41) is 0. The lowest BCUT2D eigenvalue weighted by Crippen LogP contribution is -2.30. The number of esters is 3. The zero-order valence-corrected chi connectivity index (χ0v) is 48.4. The molecule has 0 spiro atoms. The number of ether oxygens (including phenoxy) is 3. The second kappa shape index (κ2) is 62.5. The smallest absolute Gasteiger partial charge is 0.309 e. The maximum absolute atomic E-state index is 12.8. The molecule has 0 saturated carbocycles. The van der Waals surface area contributed by atoms with Crippen LogP contribution in [0.15, 0.2) is 207 Å². The average molecular weight is 1050 g/mol. The van der Waals surface area contributed by atoms with Gasteiger partial charge in [0.1, 0.15) is 13.2 Å². The minimum absolute atomic E-state index is 0.0964. The molecule has 424 valence electrons. The van der Waals surface area contributed by atoms with Crippen molar-refractivity contribution in [1.82, 2.24) is 0 Å². The molecule has 0 aromatic heterocycles. The van der Waals surface area contributed by atoms with Gasteiger partial charge in [-0.3, -0.25) is 14.4 Å². The fraction of sp³-hybridized carbons (Fsp3) is 0.479. The van der Waals surface area contributed by atoms with Crippen LogP contribution in [0.25, 0.3) is 0 Å². The monoisotopic (exact) mass is 1050 g/mol. The van der Waals surface area contributed by atoms with E-state index >= 15 is 0 Å². The Morgan fingerprint density at radius 3 is 0.896 bits per heavy atom. The predicted octanol–water partition coefficient (Wildman–Crippen LogP) is 20.4. The Hall–Kier alpha value is -6.01. The maximum atomic E-state index is 12.8. The minimum atomic E-state index is -0.879. The SMILES string of the molecule is CC/C=C\C/C=C\C/C=C\C/C=C\C/C=C\C/C=C\CCCCCCCCC(=O)OCC(COC(=O)C/C=C\C/C=C\C/C=C\C/C=C\C/C=C\CC)OC(=O)CC/C=C\C/C=C\C/C=C\C/C=C\C/C=C\C/C=C\CC. The van der Waals surface area contributed by atoms with Gasteiger partial charge in [-0.2, -0.15) is 0 Å². The van der Waals surface area contributed by atoms with E-state index in [0.29, 0.717) is 19.3 Å². The molecule has 0 aliphatic rings. The number of unbranched alkanes of at least 4 members (excludes halogenated alkanes) is 6. The van der Waals surface area contributed by atoms with E-state index in [1.807, 2.05) is 18.2 Å². The van der Waals surface area contributed by atoms with Gasteiger partial charge in [0.25, 0.3) is 0 Å². The van der Waals surface area contributed by atoms with Crippen LogP contribution >= 0.6 is 0 Å². The zero-order chi connectivity index (χ0) is 55.7. The summed E-state index contributed by atoms with van der Waals surface area (Å²) in [4.78, 5) is 38.1. The predicted molar refractivity (Wildman–Crippen MR) is 333 cm³/mol. The highest BCUT2D eigenvalue weighted by Gasteiger charge is 2.19. The number of hydrogen-bond donors (Lipinski definition) is 0. The molecule has 0 aliphatic heterocycles. The van der Waals surface area contributed by atoms with Crippen LogP contribution in [0, 0.1) is 0 Å². The molecule has 0 N–H and O–H groups in total. The first-order chi connectivity index (χ1) is 38.0. The van der Waals surface area contributed by atoms with Gasteiger partial charge in [0.15, 0.2) is 6.10 Å². The number of hydrogen-bond acceptors (Lipinski definition) is 6. The van der Waals surface area contributed by atoms with Crippen LogP contribution in [-0.2, 0) is 28.6 Å². The molecule has 0 heterocycles. The van der Waals surface area contributed by atoms with Gasteiger partial charge in [0, 0.05) is 12.8 Å². The lowest BCUT2D eigenvalue weighted by molar-refractivity contribution is -0.166. The van der Waals surface area contributed by atoms with Crippen LogP contribution in [0.1, 0.15) is 201 Å². The average Bonchev–Trinajstić information content (AvgIpc) is 3.43. The van der Waals surface area contributed by atoms with Crippen LogP contribution in [0.5, 0.6) is 0 Å². The van der Waals surface area contributed by atoms with Crippen molar-refractivity contribution in [2.75, 3.05) is 13.2 Å². The molecule has 0 saturated heterocycles. The molecule has 0 aliphatic carbocycles. The van der Waals surface area contributed by atoms with Gasteiger partial charge < -0.3 is 14.2 Å². The summed E-state index contributed by atoms with van der Waals surface area (Å²) < 4.78 is 16.7. The van der Waals surface area contributed by atoms with E-state index in [9.17, 15) is 14.4 Å². The van der Waals surface area contributed by atoms with Crippen LogP contribution < -0.4 is 0 Å². The first-order valence-electron chi connectivity index (χ1n) is 29.6. The molecule has 0 rings (SSSR count). The third kappa shape index (κ3) is 60.7. The molecule has 1 atom stereocenters. The molecule has 0 radical (unpaired) electrons. The normalized spacial score (nSPS) is 13.6. The molecule has 6 nitrogen and oxygen atoms in total. The standard InChI is InChI=1S/C71H104O6/c1-4-7-10-13-16-19-22-25-28-30-32-33-34-35-36-37-39-40-43-46-49-52-55-58-61-64-70(73)76-67-68(66-75-69(72)63-60-57-54-51-48-45-42-27-24-21-18-15-12-9-6-3)77-71(74)65-62-59-56-53-50-47-44-41-38-31-29-26-23-20-17-14-11-8-5-2/h7-12,16-21,25-29,32-33,35-36,38-42,47-48,50-51,56-57,59-60,68H,4-6,13-15,22-24,30-31,34,37,43-46,49,52-55,58,61-67H2,1-3H3/b10-7-,11-8-,12-9-,19-16-,20-17-,21-18-,28-25-,29-26-,33-32-,36-35-,40-39-,41-38-,42-27-,50-47-,51-48-,59-56-,60-57-. The molecule has 1 unspecified atom stereocenters. The highest BCUT2D eigenvalue weighted by molar-refractivity contribution is 5.72. The van der Waals surface area contributed by atoms with E-state index in [1.54, 1.807) is 6.08 Å². The van der Waals surface area contributed by atoms with E-state index in [4.69, 9.17) is 14.2 Å². The van der Waals surface area contributed by atoms with Crippen molar-refractivity contribution in [3.8, 4) is 0 Å². The van der Waals surface area contributed by atoms with Crippen LogP contribution in [0.4, 0.5) is 0 Å². The van der Waals surface area contributed by atoms with Crippen molar-refractivity contribution in [3.63, 3.8) is 0 Å². The van der Waals surface area contributed by atoms with Crippen molar-refractivity contribution in [2.45, 2.75) is 207 Å². The first-order valence-corrected chi connectivity index (χ1v) is 29.6. The van der Waals surface area contributed by atoms with Crippen LogP contribution in [0.3, 0.4) is 0 Å². The van der Waals surface area contributed by atoms with E-state index < -0.39 is 18.0 Å². The van der Waals surface area contributed by atoms with Crippen molar-refractivity contribution < 1.29 is 28.6 Å². The summed E-state index contributed by atoms with van der Waals surface area (Å²) in [6, 6.07) is 0. The Morgan fingerprint density at radius 1 is 0.273 bits per heavy atom. The van der Waals surface area contributed by atoms with Crippen LogP contribution in [0.2, 0.25) is 0 Å². The van der Waals surface area contributed by atoms with E-state index in [2.05, 4.69) is 203 Å². The van der Waals surface area contributed by atoms with Crippen molar-refractivity contribution >= 4 is 17.9 Å². The molecule has 0 aromatic carbocycles. The Morgan fingerprint density at radius 2 is 0.545 bits per heavy atom. The lowest BCUT2D eigenvalue weighted by atomic mass is 10.1. The van der Waals surface area contributed by atoms with Crippen LogP contribution in [-0.4, -0.2) is 37.2 Å².